The number of nitrogens with one attached hydrogen (secondary N) is 1. The smallest absolute Gasteiger partial charge is 0.255 e. The SMILES string of the molecule is CN(C)CCOc1ccccc1C(=O)NCCN1CCN(C(=O)C2CCCC2)CC1. The number of rotatable bonds is 9. The van der Waals surface area contributed by atoms with E-state index >= 15 is 0 Å². The van der Waals surface area contributed by atoms with Gasteiger partial charge in [0, 0.05) is 51.7 Å². The van der Waals surface area contributed by atoms with Crippen molar-refractivity contribution in [2.24, 2.45) is 5.92 Å². The molecule has 2 amide bonds. The van der Waals surface area contributed by atoms with Crippen molar-refractivity contribution in [3.8, 4) is 5.75 Å². The first kappa shape index (κ1) is 22.6. The Hall–Kier alpha value is -2.12. The number of hydrogen-bond acceptors (Lipinski definition) is 5. The Balaban J connectivity index is 1.38. The molecular formula is C23H36N4O3. The van der Waals surface area contributed by atoms with Crippen molar-refractivity contribution in [3.05, 3.63) is 29.8 Å². The highest BCUT2D eigenvalue weighted by atomic mass is 16.5. The highest BCUT2D eigenvalue weighted by molar-refractivity contribution is 5.96. The maximum Gasteiger partial charge on any atom is 0.255 e. The van der Waals surface area contributed by atoms with Crippen molar-refractivity contribution in [2.75, 3.05) is 66.5 Å². The zero-order valence-corrected chi connectivity index (χ0v) is 18.4. The monoisotopic (exact) mass is 416 g/mol. The van der Waals surface area contributed by atoms with Gasteiger partial charge in [-0.3, -0.25) is 14.5 Å². The fraction of sp³-hybridized carbons (Fsp3) is 0.652. The molecular weight excluding hydrogens is 380 g/mol. The van der Waals surface area contributed by atoms with Crippen LogP contribution in [0, 0.1) is 5.92 Å². The number of benzene rings is 1. The van der Waals surface area contributed by atoms with E-state index < -0.39 is 0 Å². The number of carbonyl (C=O) groups is 2. The molecule has 30 heavy (non-hydrogen) atoms. The van der Waals surface area contributed by atoms with Gasteiger partial charge in [-0.1, -0.05) is 25.0 Å². The largest absolute Gasteiger partial charge is 0.491 e. The van der Waals surface area contributed by atoms with E-state index in [0.29, 0.717) is 30.4 Å². The molecule has 7 heteroatoms. The summed E-state index contributed by atoms with van der Waals surface area (Å²) in [6, 6.07) is 7.38. The Morgan fingerprint density at radius 3 is 2.50 bits per heavy atom. The lowest BCUT2D eigenvalue weighted by Crippen LogP contribution is -2.51. The molecule has 0 aromatic heterocycles. The summed E-state index contributed by atoms with van der Waals surface area (Å²) in [5.41, 5.74) is 0.572. The van der Waals surface area contributed by atoms with E-state index in [4.69, 9.17) is 4.74 Å². The average Bonchev–Trinajstić information content (AvgIpc) is 3.29. The number of nitrogens with zero attached hydrogens (tertiary/aromatic N) is 3. The van der Waals surface area contributed by atoms with Crippen molar-refractivity contribution >= 4 is 11.8 Å². The summed E-state index contributed by atoms with van der Waals surface area (Å²) >= 11 is 0. The van der Waals surface area contributed by atoms with Crippen molar-refractivity contribution in [1.29, 1.82) is 0 Å². The van der Waals surface area contributed by atoms with E-state index in [0.717, 1.165) is 52.1 Å². The molecule has 0 bridgehead atoms. The van der Waals surface area contributed by atoms with Gasteiger partial charge >= 0.3 is 0 Å². The number of hydrogen-bond donors (Lipinski definition) is 1. The Kier molecular flexibility index (Phi) is 8.51. The Morgan fingerprint density at radius 2 is 1.80 bits per heavy atom. The van der Waals surface area contributed by atoms with Crippen LogP contribution in [0.3, 0.4) is 0 Å². The fourth-order valence-electron chi connectivity index (χ4n) is 4.16. The molecule has 0 atom stereocenters. The second-order valence-corrected chi connectivity index (χ2v) is 8.55. The minimum absolute atomic E-state index is 0.106. The second kappa shape index (κ2) is 11.3. The number of ether oxygens (including phenoxy) is 1. The predicted octanol–water partition coefficient (Wildman–Crippen LogP) is 1.69. The second-order valence-electron chi connectivity index (χ2n) is 8.55. The molecule has 1 aromatic carbocycles. The minimum atomic E-state index is -0.106. The molecule has 1 saturated heterocycles. The normalized spacial score (nSPS) is 18.0. The maximum atomic E-state index is 12.6. The highest BCUT2D eigenvalue weighted by Gasteiger charge is 2.29. The van der Waals surface area contributed by atoms with Crippen LogP contribution in [-0.2, 0) is 4.79 Å². The zero-order chi connectivity index (χ0) is 21.3. The summed E-state index contributed by atoms with van der Waals surface area (Å²) in [5, 5.41) is 3.01. The molecule has 166 valence electrons. The Labute approximate surface area is 180 Å². The third-order valence-electron chi connectivity index (χ3n) is 6.03. The first-order valence-corrected chi connectivity index (χ1v) is 11.2. The van der Waals surface area contributed by atoms with Gasteiger partial charge in [0.1, 0.15) is 12.4 Å². The van der Waals surface area contributed by atoms with Gasteiger partial charge in [0.25, 0.3) is 5.91 Å². The van der Waals surface area contributed by atoms with Gasteiger partial charge in [0.15, 0.2) is 0 Å². The average molecular weight is 417 g/mol. The number of carbonyl (C=O) groups excluding carboxylic acids is 2. The first-order valence-electron chi connectivity index (χ1n) is 11.2. The molecule has 1 aromatic rings. The zero-order valence-electron chi connectivity index (χ0n) is 18.4. The number of piperazine rings is 1. The van der Waals surface area contributed by atoms with Gasteiger partial charge in [0.2, 0.25) is 5.91 Å². The summed E-state index contributed by atoms with van der Waals surface area (Å²) in [4.78, 5) is 31.6. The summed E-state index contributed by atoms with van der Waals surface area (Å²) in [6.07, 6.45) is 4.51. The Morgan fingerprint density at radius 1 is 1.10 bits per heavy atom. The minimum Gasteiger partial charge on any atom is -0.491 e. The predicted molar refractivity (Wildman–Crippen MR) is 118 cm³/mol. The van der Waals surface area contributed by atoms with Gasteiger partial charge in [-0.05, 0) is 39.1 Å². The molecule has 1 aliphatic heterocycles. The molecule has 1 aliphatic carbocycles. The number of para-hydroxylation sites is 1. The Bertz CT molecular complexity index is 695. The van der Waals surface area contributed by atoms with Gasteiger partial charge in [-0.25, -0.2) is 0 Å². The van der Waals surface area contributed by atoms with Crippen LogP contribution in [0.2, 0.25) is 0 Å². The van der Waals surface area contributed by atoms with Crippen LogP contribution in [0.4, 0.5) is 0 Å². The molecule has 3 rings (SSSR count). The van der Waals surface area contributed by atoms with E-state index in [-0.39, 0.29) is 11.8 Å². The van der Waals surface area contributed by atoms with Crippen LogP contribution in [0.5, 0.6) is 5.75 Å². The standard InChI is InChI=1S/C23H36N4O3/c1-25(2)17-18-30-21-10-6-5-9-20(21)22(28)24-11-12-26-13-15-27(16-14-26)23(29)19-7-3-4-8-19/h5-6,9-10,19H,3-4,7-8,11-18H2,1-2H3,(H,24,28). The maximum absolute atomic E-state index is 12.6. The quantitative estimate of drug-likeness (QED) is 0.664. The fourth-order valence-corrected chi connectivity index (χ4v) is 4.16. The highest BCUT2D eigenvalue weighted by Crippen LogP contribution is 2.26. The first-order chi connectivity index (χ1) is 14.5. The number of amides is 2. The van der Waals surface area contributed by atoms with E-state index in [1.54, 1.807) is 6.07 Å². The van der Waals surface area contributed by atoms with Crippen molar-refractivity contribution in [2.45, 2.75) is 25.7 Å². The van der Waals surface area contributed by atoms with Gasteiger partial charge in [0.05, 0.1) is 5.56 Å². The molecule has 2 aliphatic rings. The van der Waals surface area contributed by atoms with Crippen molar-refractivity contribution in [3.63, 3.8) is 0 Å². The summed E-state index contributed by atoms with van der Waals surface area (Å²) in [5.74, 6) is 1.13. The molecule has 1 heterocycles. The van der Waals surface area contributed by atoms with E-state index in [1.807, 2.05) is 42.1 Å². The van der Waals surface area contributed by atoms with Crippen LogP contribution in [0.15, 0.2) is 24.3 Å². The third kappa shape index (κ3) is 6.44. The van der Waals surface area contributed by atoms with Crippen LogP contribution in [0.1, 0.15) is 36.0 Å². The molecule has 1 N–H and O–H groups in total. The van der Waals surface area contributed by atoms with Gasteiger partial charge in [-0.2, -0.15) is 0 Å². The summed E-state index contributed by atoms with van der Waals surface area (Å²) < 4.78 is 5.79. The van der Waals surface area contributed by atoms with E-state index in [1.165, 1.54) is 12.8 Å². The van der Waals surface area contributed by atoms with Crippen LogP contribution in [-0.4, -0.2) is 93.0 Å². The molecule has 1 saturated carbocycles. The van der Waals surface area contributed by atoms with Crippen LogP contribution >= 0.6 is 0 Å². The lowest BCUT2D eigenvalue weighted by Gasteiger charge is -2.36. The van der Waals surface area contributed by atoms with Crippen LogP contribution < -0.4 is 10.1 Å². The third-order valence-corrected chi connectivity index (χ3v) is 6.03. The summed E-state index contributed by atoms with van der Waals surface area (Å²) in [7, 11) is 3.98. The molecule has 0 unspecified atom stereocenters. The molecule has 0 radical (unpaired) electrons. The molecule has 7 nitrogen and oxygen atoms in total. The lowest BCUT2D eigenvalue weighted by atomic mass is 10.1. The number of likely N-dealkylation sites (N-methyl/N-ethyl adjacent to an activating group) is 1. The topological polar surface area (TPSA) is 65.1 Å². The molecule has 0 spiro atoms. The van der Waals surface area contributed by atoms with E-state index in [2.05, 4.69) is 10.2 Å². The van der Waals surface area contributed by atoms with Gasteiger partial charge < -0.3 is 19.9 Å². The van der Waals surface area contributed by atoms with Crippen molar-refractivity contribution in [1.82, 2.24) is 20.0 Å². The van der Waals surface area contributed by atoms with E-state index in [9.17, 15) is 9.59 Å². The van der Waals surface area contributed by atoms with Gasteiger partial charge in [-0.15, -0.1) is 0 Å². The van der Waals surface area contributed by atoms with Crippen molar-refractivity contribution < 1.29 is 14.3 Å². The lowest BCUT2D eigenvalue weighted by molar-refractivity contribution is -0.137. The molecule has 2 fully saturated rings. The van der Waals surface area contributed by atoms with Crippen LogP contribution in [0.25, 0.3) is 0 Å². The summed E-state index contributed by atoms with van der Waals surface area (Å²) in [6.45, 7) is 6.06.